The van der Waals surface area contributed by atoms with Crippen LogP contribution in [0, 0.1) is 19.8 Å². The van der Waals surface area contributed by atoms with Crippen LogP contribution in [-0.2, 0) is 14.8 Å². The highest BCUT2D eigenvalue weighted by Crippen LogP contribution is 2.22. The SMILES string of the molecule is Cc1cc(C)cc(S(=O)(=O)NC(=O)C(N)CC2CC=CCC2)c1. The van der Waals surface area contributed by atoms with Crippen LogP contribution in [0.2, 0.25) is 0 Å². The van der Waals surface area contributed by atoms with E-state index in [2.05, 4.69) is 16.9 Å². The lowest BCUT2D eigenvalue weighted by Crippen LogP contribution is -2.44. The molecule has 2 unspecified atom stereocenters. The summed E-state index contributed by atoms with van der Waals surface area (Å²) in [6.07, 6.45) is 7.57. The molecule has 126 valence electrons. The number of hydrogen-bond donors (Lipinski definition) is 2. The predicted octanol–water partition coefficient (Wildman–Crippen LogP) is 2.18. The molecule has 0 fully saturated rings. The average Bonchev–Trinajstić information content (AvgIpc) is 2.46. The minimum atomic E-state index is -3.88. The number of aryl methyl sites for hydroxylation is 2. The minimum Gasteiger partial charge on any atom is -0.320 e. The van der Waals surface area contributed by atoms with Gasteiger partial charge in [-0.15, -0.1) is 0 Å². The van der Waals surface area contributed by atoms with Gasteiger partial charge in [0.15, 0.2) is 0 Å². The van der Waals surface area contributed by atoms with Gasteiger partial charge >= 0.3 is 0 Å². The molecular formula is C17H24N2O3S. The van der Waals surface area contributed by atoms with Crippen molar-refractivity contribution in [3.8, 4) is 0 Å². The monoisotopic (exact) mass is 336 g/mol. The predicted molar refractivity (Wildman–Crippen MR) is 90.3 cm³/mol. The van der Waals surface area contributed by atoms with Crippen LogP contribution < -0.4 is 10.5 Å². The second kappa shape index (κ2) is 7.27. The van der Waals surface area contributed by atoms with E-state index in [0.29, 0.717) is 12.3 Å². The van der Waals surface area contributed by atoms with Crippen molar-refractivity contribution in [3.63, 3.8) is 0 Å². The second-order valence-corrected chi connectivity index (χ2v) is 7.97. The number of hydrogen-bond acceptors (Lipinski definition) is 4. The summed E-state index contributed by atoms with van der Waals surface area (Å²) in [7, 11) is -3.88. The Morgan fingerprint density at radius 2 is 1.91 bits per heavy atom. The Kier molecular flexibility index (Phi) is 5.59. The Labute approximate surface area is 138 Å². The Balaban J connectivity index is 2.04. The molecule has 0 bridgehead atoms. The number of sulfonamides is 1. The van der Waals surface area contributed by atoms with Gasteiger partial charge in [0.1, 0.15) is 0 Å². The van der Waals surface area contributed by atoms with E-state index >= 15 is 0 Å². The van der Waals surface area contributed by atoms with Gasteiger partial charge in [-0.3, -0.25) is 4.79 Å². The molecule has 1 aromatic rings. The maximum atomic E-state index is 12.3. The summed E-state index contributed by atoms with van der Waals surface area (Å²) in [5.74, 6) is -0.302. The van der Waals surface area contributed by atoms with Crippen molar-refractivity contribution < 1.29 is 13.2 Å². The van der Waals surface area contributed by atoms with Gasteiger partial charge in [-0.1, -0.05) is 18.2 Å². The standard InChI is InChI=1S/C17H24N2O3S/c1-12-8-13(2)10-15(9-12)23(21,22)19-17(20)16(18)11-14-6-4-3-5-7-14/h3-4,8-10,14,16H,5-7,11,18H2,1-2H3,(H,19,20). The van der Waals surface area contributed by atoms with Crippen molar-refractivity contribution in [2.24, 2.45) is 11.7 Å². The zero-order chi connectivity index (χ0) is 17.0. The fourth-order valence-electron chi connectivity index (χ4n) is 2.89. The molecule has 0 aliphatic heterocycles. The molecule has 5 nitrogen and oxygen atoms in total. The van der Waals surface area contributed by atoms with Gasteiger partial charge in [0.2, 0.25) is 0 Å². The third kappa shape index (κ3) is 4.91. The van der Waals surface area contributed by atoms with Gasteiger partial charge in [-0.05, 0) is 68.7 Å². The largest absolute Gasteiger partial charge is 0.320 e. The first-order valence-electron chi connectivity index (χ1n) is 7.83. The lowest BCUT2D eigenvalue weighted by Gasteiger charge is -2.21. The summed E-state index contributed by atoms with van der Waals surface area (Å²) >= 11 is 0. The van der Waals surface area contributed by atoms with E-state index in [9.17, 15) is 13.2 Å². The smallest absolute Gasteiger partial charge is 0.264 e. The lowest BCUT2D eigenvalue weighted by atomic mass is 9.89. The average molecular weight is 336 g/mol. The Morgan fingerprint density at radius 3 is 2.48 bits per heavy atom. The van der Waals surface area contributed by atoms with Gasteiger partial charge in [0.25, 0.3) is 15.9 Å². The number of amides is 1. The first-order valence-corrected chi connectivity index (χ1v) is 9.32. The quantitative estimate of drug-likeness (QED) is 0.807. The molecule has 1 aromatic carbocycles. The highest BCUT2D eigenvalue weighted by Gasteiger charge is 2.25. The number of nitrogens with two attached hydrogens (primary N) is 1. The van der Waals surface area contributed by atoms with Gasteiger partial charge in [0, 0.05) is 0 Å². The number of carbonyl (C=O) groups is 1. The fourth-order valence-corrected chi connectivity index (χ4v) is 4.11. The lowest BCUT2D eigenvalue weighted by molar-refractivity contribution is -0.121. The molecule has 1 aliphatic rings. The highest BCUT2D eigenvalue weighted by atomic mass is 32.2. The van der Waals surface area contributed by atoms with E-state index in [4.69, 9.17) is 5.73 Å². The minimum absolute atomic E-state index is 0.0937. The van der Waals surface area contributed by atoms with Crippen LogP contribution >= 0.6 is 0 Å². The van der Waals surface area contributed by atoms with Crippen LogP contribution in [0.15, 0.2) is 35.2 Å². The van der Waals surface area contributed by atoms with Gasteiger partial charge in [-0.2, -0.15) is 0 Å². The molecule has 0 saturated heterocycles. The van der Waals surface area contributed by atoms with E-state index in [0.717, 1.165) is 30.4 Å². The van der Waals surface area contributed by atoms with Crippen molar-refractivity contribution in [2.75, 3.05) is 0 Å². The maximum Gasteiger partial charge on any atom is 0.264 e. The first-order chi connectivity index (χ1) is 10.8. The third-order valence-electron chi connectivity index (χ3n) is 4.04. The van der Waals surface area contributed by atoms with Crippen LogP contribution in [0.25, 0.3) is 0 Å². The number of benzene rings is 1. The molecular weight excluding hydrogens is 312 g/mol. The molecule has 2 atom stereocenters. The highest BCUT2D eigenvalue weighted by molar-refractivity contribution is 7.90. The molecule has 0 heterocycles. The second-order valence-electron chi connectivity index (χ2n) is 6.29. The van der Waals surface area contributed by atoms with E-state index < -0.39 is 22.0 Å². The molecule has 0 saturated carbocycles. The molecule has 3 N–H and O–H groups in total. The number of allylic oxidation sites excluding steroid dienone is 2. The number of rotatable bonds is 5. The number of nitrogens with one attached hydrogen (secondary N) is 1. The van der Waals surface area contributed by atoms with E-state index in [1.165, 1.54) is 0 Å². The number of carbonyl (C=O) groups excluding carboxylic acids is 1. The van der Waals surface area contributed by atoms with Crippen LogP contribution in [0.5, 0.6) is 0 Å². The summed E-state index contributed by atoms with van der Waals surface area (Å²) in [5.41, 5.74) is 7.55. The molecule has 1 aliphatic carbocycles. The molecule has 1 amide bonds. The first kappa shape index (κ1) is 17.7. The van der Waals surface area contributed by atoms with Gasteiger partial charge in [-0.25, -0.2) is 13.1 Å². The van der Waals surface area contributed by atoms with Crippen molar-refractivity contribution in [3.05, 3.63) is 41.5 Å². The van der Waals surface area contributed by atoms with Gasteiger partial charge < -0.3 is 5.73 Å². The van der Waals surface area contributed by atoms with Crippen molar-refractivity contribution in [2.45, 2.75) is 50.5 Å². The van der Waals surface area contributed by atoms with E-state index in [1.54, 1.807) is 12.1 Å². The summed E-state index contributed by atoms with van der Waals surface area (Å²) < 4.78 is 26.8. The Hall–Kier alpha value is -1.66. The van der Waals surface area contributed by atoms with Crippen molar-refractivity contribution in [1.29, 1.82) is 0 Å². The van der Waals surface area contributed by atoms with Crippen LogP contribution in [0.1, 0.15) is 36.8 Å². The molecule has 23 heavy (non-hydrogen) atoms. The summed E-state index contributed by atoms with van der Waals surface area (Å²) in [6.45, 7) is 3.63. The molecule has 0 spiro atoms. The fraction of sp³-hybridized carbons (Fsp3) is 0.471. The zero-order valence-corrected chi connectivity index (χ0v) is 14.4. The zero-order valence-electron chi connectivity index (χ0n) is 13.6. The van der Waals surface area contributed by atoms with E-state index in [-0.39, 0.29) is 4.90 Å². The molecule has 0 aromatic heterocycles. The summed E-state index contributed by atoms with van der Waals surface area (Å²) in [5, 5.41) is 0. The summed E-state index contributed by atoms with van der Waals surface area (Å²) in [6, 6.07) is 4.15. The van der Waals surface area contributed by atoms with Gasteiger partial charge in [0.05, 0.1) is 10.9 Å². The van der Waals surface area contributed by atoms with Crippen LogP contribution in [0.3, 0.4) is 0 Å². The third-order valence-corrected chi connectivity index (χ3v) is 5.37. The Morgan fingerprint density at radius 1 is 1.26 bits per heavy atom. The molecule has 2 rings (SSSR count). The summed E-state index contributed by atoms with van der Waals surface area (Å²) in [4.78, 5) is 12.2. The topological polar surface area (TPSA) is 89.3 Å². The Bertz CT molecular complexity index is 690. The van der Waals surface area contributed by atoms with Crippen LogP contribution in [-0.4, -0.2) is 20.4 Å². The molecule has 6 heteroatoms. The van der Waals surface area contributed by atoms with Crippen molar-refractivity contribution >= 4 is 15.9 Å². The molecule has 0 radical (unpaired) electrons. The van der Waals surface area contributed by atoms with E-state index in [1.807, 2.05) is 19.9 Å². The normalized spacial score (nSPS) is 19.3. The van der Waals surface area contributed by atoms with Crippen molar-refractivity contribution in [1.82, 2.24) is 4.72 Å². The maximum absolute atomic E-state index is 12.3. The van der Waals surface area contributed by atoms with Crippen LogP contribution in [0.4, 0.5) is 0 Å².